The Hall–Kier alpha value is -2.16. The van der Waals surface area contributed by atoms with Crippen molar-refractivity contribution in [1.29, 1.82) is 0 Å². The van der Waals surface area contributed by atoms with E-state index < -0.39 is 0 Å². The van der Waals surface area contributed by atoms with Crippen LogP contribution in [0.1, 0.15) is 20.1 Å². The first-order valence-corrected chi connectivity index (χ1v) is 6.86. The number of rotatable bonds is 3. The Morgan fingerprint density at radius 2 is 2.10 bits per heavy atom. The first kappa shape index (κ1) is 14.3. The second-order valence-electron chi connectivity index (χ2n) is 4.14. The second kappa shape index (κ2) is 6.85. The van der Waals surface area contributed by atoms with E-state index in [-0.39, 0.29) is 12.5 Å². The summed E-state index contributed by atoms with van der Waals surface area (Å²) in [6, 6.07) is 7.32. The molecule has 0 bridgehead atoms. The Morgan fingerprint density at radius 1 is 1.35 bits per heavy atom. The molecule has 20 heavy (non-hydrogen) atoms. The number of hydrogen-bond donors (Lipinski definition) is 1. The van der Waals surface area contributed by atoms with E-state index in [4.69, 9.17) is 5.11 Å². The lowest BCUT2D eigenvalue weighted by molar-refractivity contribution is 0.0790. The number of hydrogen-bond acceptors (Lipinski definition) is 4. The number of amides is 1. The number of carbonyl (C=O) groups is 1. The van der Waals surface area contributed by atoms with Crippen LogP contribution in [-0.2, 0) is 6.54 Å². The molecule has 2 heterocycles. The van der Waals surface area contributed by atoms with Crippen molar-refractivity contribution in [2.45, 2.75) is 6.54 Å². The Labute approximate surface area is 121 Å². The summed E-state index contributed by atoms with van der Waals surface area (Å²) in [5.41, 5.74) is 1.03. The summed E-state index contributed by atoms with van der Waals surface area (Å²) in [6.45, 7) is 0.361. The third kappa shape index (κ3) is 3.67. The maximum absolute atomic E-state index is 12.3. The lowest BCUT2D eigenvalue weighted by Gasteiger charge is -2.15. The largest absolute Gasteiger partial charge is 0.384 e. The fourth-order valence-electron chi connectivity index (χ4n) is 1.67. The molecule has 4 nitrogen and oxygen atoms in total. The van der Waals surface area contributed by atoms with Crippen LogP contribution in [0.2, 0.25) is 0 Å². The molecule has 0 saturated heterocycles. The van der Waals surface area contributed by atoms with Crippen molar-refractivity contribution in [3.05, 3.63) is 52.0 Å². The Kier molecular flexibility index (Phi) is 4.88. The van der Waals surface area contributed by atoms with E-state index in [0.717, 1.165) is 10.4 Å². The zero-order valence-corrected chi connectivity index (χ0v) is 11.9. The maximum atomic E-state index is 12.3. The molecule has 1 amide bonds. The average Bonchev–Trinajstić information content (AvgIpc) is 2.94. The van der Waals surface area contributed by atoms with Crippen molar-refractivity contribution < 1.29 is 9.90 Å². The van der Waals surface area contributed by atoms with Crippen LogP contribution in [0, 0.1) is 11.8 Å². The molecule has 2 aromatic heterocycles. The topological polar surface area (TPSA) is 53.4 Å². The first-order chi connectivity index (χ1) is 9.70. The highest BCUT2D eigenvalue weighted by atomic mass is 32.1. The fourth-order valence-corrected chi connectivity index (χ4v) is 2.54. The van der Waals surface area contributed by atoms with Gasteiger partial charge < -0.3 is 10.0 Å². The summed E-state index contributed by atoms with van der Waals surface area (Å²) < 4.78 is 0. The molecule has 2 aromatic rings. The number of carbonyl (C=O) groups excluding carboxylic acids is 1. The van der Waals surface area contributed by atoms with Crippen molar-refractivity contribution in [2.24, 2.45) is 0 Å². The normalized spacial score (nSPS) is 9.70. The van der Waals surface area contributed by atoms with Gasteiger partial charge >= 0.3 is 0 Å². The SMILES string of the molecule is CN(Cc1ccncc1)C(=O)c1ccc(C#CCO)s1. The van der Waals surface area contributed by atoms with Gasteiger partial charge in [0.1, 0.15) is 6.61 Å². The number of aromatic nitrogens is 1. The highest BCUT2D eigenvalue weighted by molar-refractivity contribution is 7.14. The van der Waals surface area contributed by atoms with E-state index in [9.17, 15) is 4.79 Å². The predicted molar refractivity (Wildman–Crippen MR) is 78.3 cm³/mol. The summed E-state index contributed by atoms with van der Waals surface area (Å²) >= 11 is 1.33. The van der Waals surface area contributed by atoms with E-state index in [1.54, 1.807) is 36.5 Å². The van der Waals surface area contributed by atoms with Gasteiger partial charge in [0.05, 0.1) is 9.75 Å². The third-order valence-electron chi connectivity index (χ3n) is 2.62. The van der Waals surface area contributed by atoms with Gasteiger partial charge in [0.2, 0.25) is 0 Å². The summed E-state index contributed by atoms with van der Waals surface area (Å²) in [4.78, 5) is 19.3. The van der Waals surface area contributed by atoms with Crippen molar-refractivity contribution in [3.63, 3.8) is 0 Å². The van der Waals surface area contributed by atoms with Gasteiger partial charge in [-0.2, -0.15) is 0 Å². The minimum Gasteiger partial charge on any atom is -0.384 e. The molecule has 1 N–H and O–H groups in total. The highest BCUT2D eigenvalue weighted by Gasteiger charge is 2.14. The van der Waals surface area contributed by atoms with Crippen LogP contribution in [-0.4, -0.2) is 34.6 Å². The first-order valence-electron chi connectivity index (χ1n) is 6.04. The summed E-state index contributed by atoms with van der Waals surface area (Å²) in [5, 5.41) is 8.65. The number of aliphatic hydroxyl groups excluding tert-OH is 1. The van der Waals surface area contributed by atoms with E-state index in [1.807, 2.05) is 12.1 Å². The molecule has 102 valence electrons. The minimum atomic E-state index is -0.177. The smallest absolute Gasteiger partial charge is 0.264 e. The lowest BCUT2D eigenvalue weighted by Crippen LogP contribution is -2.25. The standard InChI is InChI=1S/C15H14N2O2S/c1-17(11-12-6-8-16-9-7-12)15(19)14-5-4-13(20-14)3-2-10-18/h4-9,18H,10-11H2,1H3. The third-order valence-corrected chi connectivity index (χ3v) is 3.61. The van der Waals surface area contributed by atoms with Crippen molar-refractivity contribution in [2.75, 3.05) is 13.7 Å². The zero-order chi connectivity index (χ0) is 14.4. The summed E-state index contributed by atoms with van der Waals surface area (Å²) in [7, 11) is 1.77. The van der Waals surface area contributed by atoms with E-state index in [2.05, 4.69) is 16.8 Å². The Morgan fingerprint density at radius 3 is 2.80 bits per heavy atom. The predicted octanol–water partition coefficient (Wildman–Crippen LogP) is 1.76. The molecule has 0 atom stereocenters. The Bertz CT molecular complexity index is 641. The van der Waals surface area contributed by atoms with Gasteiger partial charge in [0, 0.05) is 26.0 Å². The van der Waals surface area contributed by atoms with Crippen LogP contribution in [0.5, 0.6) is 0 Å². The van der Waals surface area contributed by atoms with Gasteiger partial charge in [-0.15, -0.1) is 11.3 Å². The van der Waals surface area contributed by atoms with E-state index in [0.29, 0.717) is 11.4 Å². The van der Waals surface area contributed by atoms with E-state index >= 15 is 0 Å². The molecule has 0 saturated carbocycles. The zero-order valence-electron chi connectivity index (χ0n) is 11.0. The Balaban J connectivity index is 2.05. The molecular weight excluding hydrogens is 272 g/mol. The molecular formula is C15H14N2O2S. The van der Waals surface area contributed by atoms with E-state index in [1.165, 1.54) is 11.3 Å². The minimum absolute atomic E-state index is 0.0381. The molecule has 5 heteroatoms. The van der Waals surface area contributed by atoms with Crippen LogP contribution in [0.3, 0.4) is 0 Å². The molecule has 0 spiro atoms. The van der Waals surface area contributed by atoms with Gasteiger partial charge in [0.25, 0.3) is 5.91 Å². The molecule has 2 rings (SSSR count). The lowest BCUT2D eigenvalue weighted by atomic mass is 10.2. The monoisotopic (exact) mass is 286 g/mol. The van der Waals surface area contributed by atoms with Gasteiger partial charge in [0.15, 0.2) is 0 Å². The summed E-state index contributed by atoms with van der Waals surface area (Å²) in [6.07, 6.45) is 3.42. The quantitative estimate of drug-likeness (QED) is 0.875. The van der Waals surface area contributed by atoms with Crippen molar-refractivity contribution in [3.8, 4) is 11.8 Å². The molecule has 0 aliphatic heterocycles. The van der Waals surface area contributed by atoms with Crippen LogP contribution >= 0.6 is 11.3 Å². The second-order valence-corrected chi connectivity index (χ2v) is 5.22. The molecule has 0 unspecified atom stereocenters. The average molecular weight is 286 g/mol. The van der Waals surface area contributed by atoms with Crippen LogP contribution in [0.15, 0.2) is 36.7 Å². The van der Waals surface area contributed by atoms with Gasteiger partial charge in [-0.3, -0.25) is 9.78 Å². The van der Waals surface area contributed by atoms with Crippen LogP contribution < -0.4 is 0 Å². The molecule has 0 radical (unpaired) electrons. The number of thiophene rings is 1. The van der Waals surface area contributed by atoms with Gasteiger partial charge in [-0.05, 0) is 29.8 Å². The highest BCUT2D eigenvalue weighted by Crippen LogP contribution is 2.18. The van der Waals surface area contributed by atoms with Crippen molar-refractivity contribution >= 4 is 17.2 Å². The van der Waals surface area contributed by atoms with Gasteiger partial charge in [-0.25, -0.2) is 0 Å². The van der Waals surface area contributed by atoms with Crippen LogP contribution in [0.25, 0.3) is 0 Å². The summed E-state index contributed by atoms with van der Waals surface area (Å²) in [5.74, 6) is 5.33. The fraction of sp³-hybridized carbons (Fsp3) is 0.200. The maximum Gasteiger partial charge on any atom is 0.264 e. The molecule has 0 aromatic carbocycles. The number of pyridine rings is 1. The van der Waals surface area contributed by atoms with Gasteiger partial charge in [-0.1, -0.05) is 11.8 Å². The molecule has 0 aliphatic carbocycles. The molecule has 0 aliphatic rings. The number of aliphatic hydroxyl groups is 1. The number of nitrogens with zero attached hydrogens (tertiary/aromatic N) is 2. The molecule has 0 fully saturated rings. The van der Waals surface area contributed by atoms with Crippen LogP contribution in [0.4, 0.5) is 0 Å². The van der Waals surface area contributed by atoms with Crippen molar-refractivity contribution in [1.82, 2.24) is 9.88 Å².